The van der Waals surface area contributed by atoms with E-state index in [2.05, 4.69) is 36.4 Å². The molecule has 2 aromatic rings. The van der Waals surface area contributed by atoms with Crippen molar-refractivity contribution in [3.63, 3.8) is 0 Å². The van der Waals surface area contributed by atoms with E-state index in [0.29, 0.717) is 28.2 Å². The first-order valence-corrected chi connectivity index (χ1v) is 10.8. The van der Waals surface area contributed by atoms with Gasteiger partial charge in [-0.1, -0.05) is 0 Å². The maximum absolute atomic E-state index is 10.5. The molecule has 0 spiro atoms. The SMILES string of the molecule is O[C@@H]1C[C@@H]2CO[C@@H](OCC[Se]c3ccccc3)C2=C1c1ccccc1. The molecule has 4 heteroatoms. The molecule has 0 radical (unpaired) electrons. The van der Waals surface area contributed by atoms with E-state index in [4.69, 9.17) is 9.47 Å². The van der Waals surface area contributed by atoms with Crippen molar-refractivity contribution in [2.24, 2.45) is 5.92 Å². The van der Waals surface area contributed by atoms with Gasteiger partial charge in [0.05, 0.1) is 0 Å². The van der Waals surface area contributed by atoms with Crippen LogP contribution in [0.25, 0.3) is 5.57 Å². The summed E-state index contributed by atoms with van der Waals surface area (Å²) >= 11 is 0.422. The van der Waals surface area contributed by atoms with Crippen LogP contribution in [0.15, 0.2) is 66.2 Å². The molecule has 0 bridgehead atoms. The van der Waals surface area contributed by atoms with Crippen molar-refractivity contribution in [2.45, 2.75) is 24.1 Å². The Bertz CT molecular complexity index is 729. The average molecular weight is 401 g/mol. The first kappa shape index (κ1) is 17.0. The summed E-state index contributed by atoms with van der Waals surface area (Å²) in [4.78, 5) is 0. The van der Waals surface area contributed by atoms with E-state index in [9.17, 15) is 5.11 Å². The Kier molecular flexibility index (Phi) is 5.35. The minimum atomic E-state index is -0.411. The Morgan fingerprint density at radius 1 is 1.04 bits per heavy atom. The Hall–Kier alpha value is -1.42. The number of aliphatic hydroxyl groups excluding tert-OH is 1. The summed E-state index contributed by atoms with van der Waals surface area (Å²) in [5.41, 5.74) is 3.26. The van der Waals surface area contributed by atoms with Gasteiger partial charge in [-0.15, -0.1) is 0 Å². The normalized spacial score (nSPS) is 25.4. The summed E-state index contributed by atoms with van der Waals surface area (Å²) in [5.74, 6) is 0.287. The first-order chi connectivity index (χ1) is 12.3. The van der Waals surface area contributed by atoms with E-state index in [1.807, 2.05) is 24.3 Å². The van der Waals surface area contributed by atoms with Crippen molar-refractivity contribution in [1.82, 2.24) is 0 Å². The molecular formula is C21H22O3Se. The molecule has 130 valence electrons. The second-order valence-corrected chi connectivity index (χ2v) is 8.83. The van der Waals surface area contributed by atoms with Crippen LogP contribution in [-0.2, 0) is 9.47 Å². The van der Waals surface area contributed by atoms with E-state index in [0.717, 1.165) is 28.4 Å². The third-order valence-corrected chi connectivity index (χ3v) is 6.79. The fraction of sp³-hybridized carbons (Fsp3) is 0.333. The van der Waals surface area contributed by atoms with E-state index >= 15 is 0 Å². The van der Waals surface area contributed by atoms with Crippen LogP contribution in [0.5, 0.6) is 0 Å². The van der Waals surface area contributed by atoms with E-state index in [-0.39, 0.29) is 12.2 Å². The Morgan fingerprint density at radius 3 is 2.52 bits per heavy atom. The molecule has 0 aromatic heterocycles. The first-order valence-electron chi connectivity index (χ1n) is 8.71. The molecule has 1 fully saturated rings. The van der Waals surface area contributed by atoms with Gasteiger partial charge in [0.15, 0.2) is 0 Å². The van der Waals surface area contributed by atoms with Crippen LogP contribution >= 0.6 is 0 Å². The molecule has 0 amide bonds. The quantitative estimate of drug-likeness (QED) is 0.598. The number of hydrogen-bond acceptors (Lipinski definition) is 3. The predicted molar refractivity (Wildman–Crippen MR) is 99.8 cm³/mol. The zero-order chi connectivity index (χ0) is 17.1. The molecule has 1 saturated heterocycles. The number of aliphatic hydroxyl groups is 1. The fourth-order valence-electron chi connectivity index (χ4n) is 3.64. The maximum atomic E-state index is 10.5. The van der Waals surface area contributed by atoms with Crippen LogP contribution in [0.4, 0.5) is 0 Å². The van der Waals surface area contributed by atoms with Crippen molar-refractivity contribution in [3.8, 4) is 0 Å². The zero-order valence-corrected chi connectivity index (χ0v) is 15.7. The van der Waals surface area contributed by atoms with Gasteiger partial charge < -0.3 is 0 Å². The molecule has 2 aliphatic rings. The Balaban J connectivity index is 1.43. The second-order valence-electron chi connectivity index (χ2n) is 6.38. The number of rotatable bonds is 6. The molecule has 4 rings (SSSR count). The molecule has 1 aliphatic heterocycles. The number of benzene rings is 2. The number of hydrogen-bond donors (Lipinski definition) is 1. The molecule has 1 heterocycles. The van der Waals surface area contributed by atoms with Crippen molar-refractivity contribution in [3.05, 3.63) is 71.8 Å². The molecule has 0 unspecified atom stereocenters. The molecule has 2 aromatic carbocycles. The fourth-order valence-corrected chi connectivity index (χ4v) is 5.25. The molecule has 1 aliphatic carbocycles. The van der Waals surface area contributed by atoms with Gasteiger partial charge in [-0.05, 0) is 0 Å². The summed E-state index contributed by atoms with van der Waals surface area (Å²) in [7, 11) is 0. The second kappa shape index (κ2) is 7.86. The summed E-state index contributed by atoms with van der Waals surface area (Å²) in [6, 6.07) is 20.7. The molecule has 0 saturated carbocycles. The zero-order valence-electron chi connectivity index (χ0n) is 14.0. The van der Waals surface area contributed by atoms with E-state index in [1.54, 1.807) is 0 Å². The van der Waals surface area contributed by atoms with E-state index in [1.165, 1.54) is 4.46 Å². The van der Waals surface area contributed by atoms with Crippen LogP contribution in [0.3, 0.4) is 0 Å². The van der Waals surface area contributed by atoms with Gasteiger partial charge >= 0.3 is 155 Å². The van der Waals surface area contributed by atoms with Gasteiger partial charge in [-0.25, -0.2) is 0 Å². The molecular weight excluding hydrogens is 379 g/mol. The van der Waals surface area contributed by atoms with Gasteiger partial charge in [-0.3, -0.25) is 0 Å². The third-order valence-electron chi connectivity index (χ3n) is 4.74. The topological polar surface area (TPSA) is 38.7 Å². The van der Waals surface area contributed by atoms with Crippen molar-refractivity contribution in [2.75, 3.05) is 13.2 Å². The van der Waals surface area contributed by atoms with Crippen molar-refractivity contribution < 1.29 is 14.6 Å². The van der Waals surface area contributed by atoms with Crippen molar-refractivity contribution >= 4 is 25.0 Å². The molecule has 3 atom stereocenters. The average Bonchev–Trinajstić information content (AvgIpc) is 3.18. The standard InChI is InChI=1S/C21H22O3Se/c22-18-13-16-14-24-21(20(16)19(18)15-7-3-1-4-8-15)23-11-12-25-17-9-5-2-6-10-17/h1-10,16,18,21-22H,11-14H2/t16-,18-,21-/m1/s1. The third kappa shape index (κ3) is 3.74. The Morgan fingerprint density at radius 2 is 1.76 bits per heavy atom. The summed E-state index contributed by atoms with van der Waals surface area (Å²) in [6.45, 7) is 1.34. The number of fused-ring (bicyclic) bond motifs is 1. The molecule has 3 nitrogen and oxygen atoms in total. The van der Waals surface area contributed by atoms with Gasteiger partial charge in [0.25, 0.3) is 0 Å². The van der Waals surface area contributed by atoms with Crippen molar-refractivity contribution in [1.29, 1.82) is 0 Å². The summed E-state index contributed by atoms with van der Waals surface area (Å²) in [5, 5.41) is 11.5. The van der Waals surface area contributed by atoms with Crippen LogP contribution in [0.2, 0.25) is 5.32 Å². The van der Waals surface area contributed by atoms with Crippen LogP contribution in [-0.4, -0.2) is 45.7 Å². The number of ether oxygens (including phenoxy) is 2. The van der Waals surface area contributed by atoms with E-state index < -0.39 is 6.10 Å². The molecule has 1 N–H and O–H groups in total. The minimum absolute atomic E-state index is 0.287. The van der Waals surface area contributed by atoms with Crippen LogP contribution in [0.1, 0.15) is 12.0 Å². The van der Waals surface area contributed by atoms with Gasteiger partial charge in [0.1, 0.15) is 0 Å². The summed E-state index contributed by atoms with van der Waals surface area (Å²) in [6.07, 6.45) is 0.0303. The Labute approximate surface area is 154 Å². The summed E-state index contributed by atoms with van der Waals surface area (Å²) < 4.78 is 13.3. The van der Waals surface area contributed by atoms with Crippen LogP contribution in [0, 0.1) is 5.92 Å². The molecule has 25 heavy (non-hydrogen) atoms. The van der Waals surface area contributed by atoms with Gasteiger partial charge in [0.2, 0.25) is 0 Å². The van der Waals surface area contributed by atoms with Gasteiger partial charge in [0, 0.05) is 0 Å². The van der Waals surface area contributed by atoms with Crippen LogP contribution < -0.4 is 4.46 Å². The monoisotopic (exact) mass is 402 g/mol. The predicted octanol–water partition coefficient (Wildman–Crippen LogP) is 2.64. The van der Waals surface area contributed by atoms with Gasteiger partial charge in [-0.2, -0.15) is 0 Å².